The summed E-state index contributed by atoms with van der Waals surface area (Å²) in [4.78, 5) is 3.62. The smallest absolute Gasteiger partial charge is 0.383 e. The molecule has 8 nitrogen and oxygen atoms in total. The monoisotopic (exact) mass is 478 g/mol. The molecule has 14 heteroatoms. The molecule has 4 rings (SSSR count). The van der Waals surface area contributed by atoms with E-state index in [0.29, 0.717) is 5.39 Å². The van der Waals surface area contributed by atoms with Crippen LogP contribution in [-0.4, -0.2) is 46.6 Å². The van der Waals surface area contributed by atoms with E-state index in [-0.39, 0.29) is 29.3 Å². The Hall–Kier alpha value is -2.48. The lowest BCUT2D eigenvalue weighted by Gasteiger charge is -2.45. The lowest BCUT2D eigenvalue weighted by atomic mass is 10.00. The second-order valence-corrected chi connectivity index (χ2v) is 8.90. The molecule has 1 saturated heterocycles. The number of benzene rings is 1. The number of nitrogens with two attached hydrogens (primary N) is 1. The van der Waals surface area contributed by atoms with E-state index in [1.54, 1.807) is 0 Å². The number of alkyl halides is 3. The number of fused-ring (bicyclic) bond motifs is 1. The maximum atomic E-state index is 13.3. The molecule has 2 aromatic heterocycles. The van der Waals surface area contributed by atoms with E-state index in [9.17, 15) is 26.0 Å². The Morgan fingerprint density at radius 3 is 2.61 bits per heavy atom. The van der Waals surface area contributed by atoms with Crippen LogP contribution in [0.25, 0.3) is 10.9 Å². The van der Waals surface area contributed by atoms with Gasteiger partial charge in [-0.15, -0.1) is 5.10 Å². The van der Waals surface area contributed by atoms with Gasteiger partial charge in [-0.05, 0) is 24.3 Å². The van der Waals surface area contributed by atoms with Gasteiger partial charge in [-0.1, -0.05) is 11.6 Å². The van der Waals surface area contributed by atoms with Crippen LogP contribution in [0.5, 0.6) is 0 Å². The standard InChI is InChI=1S/C17H15ClF4N6O2S/c18-9-1-2-11-10(5-9)12(6-15(25-11)17(20,21)22)24-7-13-14(8-28(13)31(23,29)30)27-4-3-16(19)26-27/h1-6,13-14H,7-8H2,(H,24,25)(H2,23,29,30). The lowest BCUT2D eigenvalue weighted by molar-refractivity contribution is -0.140. The fraction of sp³-hybridized carbons (Fsp3) is 0.294. The molecule has 0 bridgehead atoms. The number of nitrogens with zero attached hydrogens (tertiary/aromatic N) is 4. The summed E-state index contributed by atoms with van der Waals surface area (Å²) in [5.41, 5.74) is -0.997. The number of hydrogen-bond acceptors (Lipinski definition) is 5. The van der Waals surface area contributed by atoms with Crippen LogP contribution in [0.3, 0.4) is 0 Å². The van der Waals surface area contributed by atoms with Gasteiger partial charge in [0, 0.05) is 41.4 Å². The molecule has 0 aliphatic carbocycles. The first kappa shape index (κ1) is 21.7. The van der Waals surface area contributed by atoms with E-state index in [1.165, 1.54) is 29.1 Å². The number of halogens is 5. The topological polar surface area (TPSA) is 106 Å². The Kier molecular flexibility index (Phi) is 5.32. The predicted molar refractivity (Wildman–Crippen MR) is 105 cm³/mol. The van der Waals surface area contributed by atoms with E-state index in [0.717, 1.165) is 16.4 Å². The molecule has 166 valence electrons. The Morgan fingerprint density at radius 1 is 1.26 bits per heavy atom. The van der Waals surface area contributed by atoms with Crippen LogP contribution in [-0.2, 0) is 16.4 Å². The highest BCUT2D eigenvalue weighted by molar-refractivity contribution is 7.86. The molecule has 1 aliphatic heterocycles. The highest BCUT2D eigenvalue weighted by atomic mass is 35.5. The van der Waals surface area contributed by atoms with Crippen molar-refractivity contribution in [3.8, 4) is 0 Å². The van der Waals surface area contributed by atoms with Gasteiger partial charge in [0.05, 0.1) is 17.6 Å². The van der Waals surface area contributed by atoms with Gasteiger partial charge in [0.2, 0.25) is 5.95 Å². The van der Waals surface area contributed by atoms with Gasteiger partial charge in [-0.3, -0.25) is 4.68 Å². The van der Waals surface area contributed by atoms with Crippen LogP contribution in [0.2, 0.25) is 5.02 Å². The van der Waals surface area contributed by atoms with Crippen molar-refractivity contribution in [2.75, 3.05) is 18.4 Å². The van der Waals surface area contributed by atoms with E-state index in [1.807, 2.05) is 0 Å². The molecule has 1 aromatic carbocycles. The van der Waals surface area contributed by atoms with Crippen LogP contribution >= 0.6 is 11.6 Å². The molecular weight excluding hydrogens is 464 g/mol. The maximum absolute atomic E-state index is 13.3. The number of hydrogen-bond donors (Lipinski definition) is 2. The molecule has 31 heavy (non-hydrogen) atoms. The summed E-state index contributed by atoms with van der Waals surface area (Å²) < 4.78 is 79.1. The first-order chi connectivity index (χ1) is 14.4. The van der Waals surface area contributed by atoms with Gasteiger partial charge in [-0.25, -0.2) is 10.1 Å². The van der Waals surface area contributed by atoms with E-state index in [2.05, 4.69) is 15.4 Å². The molecule has 0 radical (unpaired) electrons. The zero-order chi connectivity index (χ0) is 22.6. The third kappa shape index (κ3) is 4.31. The minimum absolute atomic E-state index is 0.0526. The number of rotatable bonds is 5. The second kappa shape index (κ2) is 7.58. The van der Waals surface area contributed by atoms with Crippen LogP contribution < -0.4 is 10.5 Å². The van der Waals surface area contributed by atoms with Gasteiger partial charge in [-0.2, -0.15) is 30.3 Å². The second-order valence-electron chi connectivity index (χ2n) is 6.96. The Balaban J connectivity index is 1.68. The average molecular weight is 479 g/mol. The minimum atomic E-state index is -4.69. The normalized spacial score (nSPS) is 20.1. The Morgan fingerprint density at radius 2 is 2.00 bits per heavy atom. The molecule has 3 N–H and O–H groups in total. The largest absolute Gasteiger partial charge is 0.433 e. The number of pyridine rings is 1. The van der Waals surface area contributed by atoms with Crippen molar-refractivity contribution in [3.63, 3.8) is 0 Å². The molecule has 0 amide bonds. The van der Waals surface area contributed by atoms with Gasteiger partial charge in [0.15, 0.2) is 0 Å². The minimum Gasteiger partial charge on any atom is -0.383 e. The fourth-order valence-electron chi connectivity index (χ4n) is 3.49. The summed E-state index contributed by atoms with van der Waals surface area (Å²) in [5.74, 6) is -0.745. The lowest BCUT2D eigenvalue weighted by Crippen LogP contribution is -2.63. The maximum Gasteiger partial charge on any atom is 0.433 e. The van der Waals surface area contributed by atoms with Crippen molar-refractivity contribution in [2.45, 2.75) is 18.3 Å². The highest BCUT2D eigenvalue weighted by Crippen LogP contribution is 2.35. The van der Waals surface area contributed by atoms with Gasteiger partial charge < -0.3 is 5.32 Å². The van der Waals surface area contributed by atoms with E-state index >= 15 is 0 Å². The summed E-state index contributed by atoms with van der Waals surface area (Å²) in [6.45, 7) is -0.172. The predicted octanol–water partition coefficient (Wildman–Crippen LogP) is 2.78. The summed E-state index contributed by atoms with van der Waals surface area (Å²) in [6, 6.07) is 4.77. The number of aromatic nitrogens is 3. The van der Waals surface area contributed by atoms with E-state index in [4.69, 9.17) is 16.7 Å². The van der Waals surface area contributed by atoms with Crippen LogP contribution in [0.4, 0.5) is 23.2 Å². The quantitative estimate of drug-likeness (QED) is 0.548. The van der Waals surface area contributed by atoms with Crippen LogP contribution in [0, 0.1) is 5.95 Å². The molecular formula is C17H15ClF4N6O2S. The zero-order valence-electron chi connectivity index (χ0n) is 15.5. The third-order valence-electron chi connectivity index (χ3n) is 4.99. The fourth-order valence-corrected chi connectivity index (χ4v) is 4.61. The van der Waals surface area contributed by atoms with Crippen molar-refractivity contribution < 1.29 is 26.0 Å². The molecule has 0 saturated carbocycles. The van der Waals surface area contributed by atoms with Gasteiger partial charge >= 0.3 is 6.18 Å². The Bertz CT molecular complexity index is 1250. The number of anilines is 1. The average Bonchev–Trinajstić information content (AvgIpc) is 3.04. The summed E-state index contributed by atoms with van der Waals surface area (Å²) in [7, 11) is -4.09. The first-order valence-electron chi connectivity index (χ1n) is 8.85. The summed E-state index contributed by atoms with van der Waals surface area (Å²) in [5, 5.41) is 12.3. The van der Waals surface area contributed by atoms with Crippen molar-refractivity contribution >= 4 is 38.4 Å². The summed E-state index contributed by atoms with van der Waals surface area (Å²) >= 11 is 5.98. The van der Waals surface area contributed by atoms with Crippen molar-refractivity contribution in [1.29, 1.82) is 0 Å². The molecule has 0 spiro atoms. The first-order valence-corrected chi connectivity index (χ1v) is 10.7. The Labute approximate surface area is 178 Å². The van der Waals surface area contributed by atoms with Crippen LogP contribution in [0.15, 0.2) is 36.5 Å². The van der Waals surface area contributed by atoms with Gasteiger partial charge in [0.25, 0.3) is 10.2 Å². The molecule has 1 fully saturated rings. The zero-order valence-corrected chi connectivity index (χ0v) is 17.1. The molecule has 3 heterocycles. The van der Waals surface area contributed by atoms with E-state index < -0.39 is 40.1 Å². The van der Waals surface area contributed by atoms with Crippen molar-refractivity contribution in [3.05, 3.63) is 53.2 Å². The molecule has 1 aliphatic rings. The molecule has 2 atom stereocenters. The van der Waals surface area contributed by atoms with Crippen molar-refractivity contribution in [1.82, 2.24) is 19.1 Å². The number of nitrogens with one attached hydrogen (secondary N) is 1. The third-order valence-corrected chi connectivity index (χ3v) is 6.30. The van der Waals surface area contributed by atoms with Crippen molar-refractivity contribution in [2.24, 2.45) is 5.14 Å². The molecule has 3 aromatic rings. The SMILES string of the molecule is NS(=O)(=O)N1CC(n2ccc(F)n2)C1CNc1cc(C(F)(F)F)nc2ccc(Cl)cc12. The van der Waals surface area contributed by atoms with Crippen LogP contribution in [0.1, 0.15) is 11.7 Å². The molecule has 2 unspecified atom stereocenters. The summed E-state index contributed by atoms with van der Waals surface area (Å²) in [6.07, 6.45) is -3.35. The highest BCUT2D eigenvalue weighted by Gasteiger charge is 2.46. The van der Waals surface area contributed by atoms with Gasteiger partial charge in [0.1, 0.15) is 5.69 Å².